The van der Waals surface area contributed by atoms with E-state index in [1.54, 1.807) is 17.4 Å². The summed E-state index contributed by atoms with van der Waals surface area (Å²) in [6.45, 7) is 0.343. The van der Waals surface area contributed by atoms with Crippen LogP contribution in [0.4, 0.5) is 0 Å². The van der Waals surface area contributed by atoms with Gasteiger partial charge in [0.25, 0.3) is 0 Å². The Morgan fingerprint density at radius 1 is 1.26 bits per heavy atom. The number of hydrogen-bond donors (Lipinski definition) is 2. The summed E-state index contributed by atoms with van der Waals surface area (Å²) in [5, 5.41) is 15.3. The lowest BCUT2D eigenvalue weighted by Crippen LogP contribution is -2.24. The van der Waals surface area contributed by atoms with Gasteiger partial charge in [0.05, 0.1) is 6.42 Å². The number of hydrogen-bond acceptors (Lipinski definition) is 4. The third-order valence-corrected chi connectivity index (χ3v) is 3.21. The Kier molecular flexibility index (Phi) is 4.25. The molecule has 0 fully saturated rings. The fourth-order valence-electron chi connectivity index (χ4n) is 1.50. The fourth-order valence-corrected chi connectivity index (χ4v) is 2.17. The number of nitrogens with zero attached hydrogens (tertiary/aromatic N) is 1. The summed E-state index contributed by atoms with van der Waals surface area (Å²) in [6.07, 6.45) is 1.80. The van der Waals surface area contributed by atoms with Gasteiger partial charge in [-0.05, 0) is 34.0 Å². The lowest BCUT2D eigenvalue weighted by Gasteiger charge is -2.04. The Morgan fingerprint density at radius 2 is 2.11 bits per heavy atom. The van der Waals surface area contributed by atoms with Crippen molar-refractivity contribution in [2.75, 3.05) is 0 Å². The van der Waals surface area contributed by atoms with Gasteiger partial charge in [-0.15, -0.1) is 0 Å². The number of carbonyl (C=O) groups is 2. The van der Waals surface area contributed by atoms with Crippen LogP contribution in [0.15, 0.2) is 35.2 Å². The summed E-state index contributed by atoms with van der Waals surface area (Å²) in [4.78, 5) is 26.0. The maximum Gasteiger partial charge on any atom is 0.354 e. The molecule has 2 N–H and O–H groups in total. The number of aromatic carboxylic acids is 1. The topological polar surface area (TPSA) is 79.3 Å². The van der Waals surface area contributed by atoms with Gasteiger partial charge in [-0.2, -0.15) is 11.3 Å². The van der Waals surface area contributed by atoms with Crippen LogP contribution < -0.4 is 5.32 Å². The summed E-state index contributed by atoms with van der Waals surface area (Å²) >= 11 is 1.55. The first-order valence-corrected chi connectivity index (χ1v) is 6.55. The molecule has 0 unspecified atom stereocenters. The first kappa shape index (κ1) is 13.2. The van der Waals surface area contributed by atoms with Crippen molar-refractivity contribution in [1.29, 1.82) is 0 Å². The fraction of sp³-hybridized carbons (Fsp3) is 0.154. The Bertz CT molecular complexity index is 564. The van der Waals surface area contributed by atoms with Crippen molar-refractivity contribution in [1.82, 2.24) is 10.3 Å². The van der Waals surface area contributed by atoms with Crippen molar-refractivity contribution < 1.29 is 14.7 Å². The van der Waals surface area contributed by atoms with Crippen molar-refractivity contribution in [3.05, 3.63) is 52.0 Å². The second-order valence-electron chi connectivity index (χ2n) is 3.94. The molecule has 0 saturated carbocycles. The van der Waals surface area contributed by atoms with Crippen LogP contribution in [0, 0.1) is 0 Å². The van der Waals surface area contributed by atoms with Gasteiger partial charge in [0.15, 0.2) is 0 Å². The largest absolute Gasteiger partial charge is 0.477 e. The van der Waals surface area contributed by atoms with E-state index in [2.05, 4.69) is 10.3 Å². The molecule has 19 heavy (non-hydrogen) atoms. The molecule has 1 amide bonds. The van der Waals surface area contributed by atoms with E-state index in [4.69, 9.17) is 5.11 Å². The molecule has 2 aromatic heterocycles. The molecule has 2 rings (SSSR count). The van der Waals surface area contributed by atoms with E-state index in [9.17, 15) is 9.59 Å². The second-order valence-corrected chi connectivity index (χ2v) is 4.72. The van der Waals surface area contributed by atoms with Crippen LogP contribution in [0.25, 0.3) is 0 Å². The average Bonchev–Trinajstić information content (AvgIpc) is 2.89. The lowest BCUT2D eigenvalue weighted by molar-refractivity contribution is -0.120. The molecule has 0 aliphatic heterocycles. The van der Waals surface area contributed by atoms with Gasteiger partial charge >= 0.3 is 5.97 Å². The van der Waals surface area contributed by atoms with Crippen LogP contribution >= 0.6 is 11.3 Å². The Hall–Kier alpha value is -2.21. The Morgan fingerprint density at radius 3 is 2.68 bits per heavy atom. The molecule has 2 aromatic rings. The van der Waals surface area contributed by atoms with Crippen LogP contribution in [-0.2, 0) is 17.8 Å². The van der Waals surface area contributed by atoms with Gasteiger partial charge in [0.1, 0.15) is 5.69 Å². The minimum atomic E-state index is -1.06. The van der Waals surface area contributed by atoms with Crippen LogP contribution in [0.2, 0.25) is 0 Å². The molecule has 2 heterocycles. The number of amides is 1. The van der Waals surface area contributed by atoms with E-state index >= 15 is 0 Å². The van der Waals surface area contributed by atoms with Gasteiger partial charge in [0, 0.05) is 12.7 Å². The average molecular weight is 276 g/mol. The summed E-state index contributed by atoms with van der Waals surface area (Å²) in [5.74, 6) is -1.13. The number of thiophene rings is 1. The van der Waals surface area contributed by atoms with Crippen molar-refractivity contribution in [3.63, 3.8) is 0 Å². The normalized spacial score (nSPS) is 10.1. The highest BCUT2D eigenvalue weighted by Gasteiger charge is 2.06. The monoisotopic (exact) mass is 276 g/mol. The number of carbonyl (C=O) groups excluding carboxylic acids is 1. The van der Waals surface area contributed by atoms with E-state index in [1.165, 1.54) is 12.3 Å². The molecule has 0 aromatic carbocycles. The zero-order valence-electron chi connectivity index (χ0n) is 10.00. The number of carboxylic acid groups (broad SMARTS) is 1. The molecule has 98 valence electrons. The van der Waals surface area contributed by atoms with E-state index < -0.39 is 5.97 Å². The molecule has 0 aliphatic rings. The quantitative estimate of drug-likeness (QED) is 0.871. The number of pyridine rings is 1. The standard InChI is InChI=1S/C13H12N2O3S/c16-12(5-9-3-4-19-8-9)15-7-10-1-2-11(13(17)18)14-6-10/h1-4,6,8H,5,7H2,(H,15,16)(H,17,18). The molecule has 0 spiro atoms. The van der Waals surface area contributed by atoms with Gasteiger partial charge in [0.2, 0.25) is 5.91 Å². The van der Waals surface area contributed by atoms with Gasteiger partial charge in [-0.1, -0.05) is 6.07 Å². The van der Waals surface area contributed by atoms with E-state index in [-0.39, 0.29) is 11.6 Å². The Balaban J connectivity index is 1.84. The maximum atomic E-state index is 11.6. The summed E-state index contributed by atoms with van der Waals surface area (Å²) < 4.78 is 0. The van der Waals surface area contributed by atoms with Crippen molar-refractivity contribution >= 4 is 23.2 Å². The molecular weight excluding hydrogens is 264 g/mol. The number of rotatable bonds is 5. The molecule has 5 nitrogen and oxygen atoms in total. The zero-order chi connectivity index (χ0) is 13.7. The Labute approximate surface area is 113 Å². The van der Waals surface area contributed by atoms with Crippen LogP contribution in [-0.4, -0.2) is 22.0 Å². The van der Waals surface area contributed by atoms with Gasteiger partial charge in [-0.3, -0.25) is 4.79 Å². The highest BCUT2D eigenvalue weighted by Crippen LogP contribution is 2.06. The smallest absolute Gasteiger partial charge is 0.354 e. The zero-order valence-corrected chi connectivity index (χ0v) is 10.8. The second kappa shape index (κ2) is 6.10. The molecule has 0 radical (unpaired) electrons. The summed E-state index contributed by atoms with van der Waals surface area (Å²) in [7, 11) is 0. The molecule has 0 bridgehead atoms. The predicted octanol–water partition coefficient (Wildman–Crippen LogP) is 1.70. The van der Waals surface area contributed by atoms with E-state index in [0.29, 0.717) is 13.0 Å². The van der Waals surface area contributed by atoms with Crippen molar-refractivity contribution in [2.45, 2.75) is 13.0 Å². The number of nitrogens with one attached hydrogen (secondary N) is 1. The van der Waals surface area contributed by atoms with Crippen molar-refractivity contribution in [3.8, 4) is 0 Å². The number of carboxylic acids is 1. The molecule has 6 heteroatoms. The molecular formula is C13H12N2O3S. The SMILES string of the molecule is O=C(Cc1ccsc1)NCc1ccc(C(=O)O)nc1. The third kappa shape index (κ3) is 3.89. The highest BCUT2D eigenvalue weighted by molar-refractivity contribution is 7.07. The maximum absolute atomic E-state index is 11.6. The number of aromatic nitrogens is 1. The first-order chi connectivity index (χ1) is 9.15. The van der Waals surface area contributed by atoms with Crippen LogP contribution in [0.5, 0.6) is 0 Å². The van der Waals surface area contributed by atoms with E-state index in [1.807, 2.05) is 16.8 Å². The summed E-state index contributed by atoms with van der Waals surface area (Å²) in [5.41, 5.74) is 1.75. The van der Waals surface area contributed by atoms with E-state index in [0.717, 1.165) is 11.1 Å². The van der Waals surface area contributed by atoms with Crippen LogP contribution in [0.1, 0.15) is 21.6 Å². The minimum Gasteiger partial charge on any atom is -0.477 e. The minimum absolute atomic E-state index is 0.00616. The molecule has 0 aliphatic carbocycles. The summed E-state index contributed by atoms with van der Waals surface area (Å²) in [6, 6.07) is 4.97. The highest BCUT2D eigenvalue weighted by atomic mass is 32.1. The van der Waals surface area contributed by atoms with Crippen molar-refractivity contribution in [2.24, 2.45) is 0 Å². The molecule has 0 atom stereocenters. The predicted molar refractivity (Wildman–Crippen MR) is 71.1 cm³/mol. The lowest BCUT2D eigenvalue weighted by atomic mass is 10.2. The van der Waals surface area contributed by atoms with Gasteiger partial charge in [-0.25, -0.2) is 9.78 Å². The van der Waals surface area contributed by atoms with Crippen LogP contribution in [0.3, 0.4) is 0 Å². The third-order valence-electron chi connectivity index (χ3n) is 2.48. The molecule has 0 saturated heterocycles. The first-order valence-electron chi connectivity index (χ1n) is 5.61. The van der Waals surface area contributed by atoms with Gasteiger partial charge < -0.3 is 10.4 Å².